The maximum atomic E-state index is 11.1. The number of aliphatic hydroxyl groups excluding tert-OH is 1. The van der Waals surface area contributed by atoms with Gasteiger partial charge in [0, 0.05) is 64.7 Å². The van der Waals surface area contributed by atoms with Gasteiger partial charge in [-0.2, -0.15) is 0 Å². The first-order valence-electron chi connectivity index (χ1n) is 14.3. The van der Waals surface area contributed by atoms with Crippen molar-refractivity contribution in [1.82, 2.24) is 15.2 Å². The second-order valence-corrected chi connectivity index (χ2v) is 10.6. The Bertz CT molecular complexity index is 1140. The van der Waals surface area contributed by atoms with Crippen molar-refractivity contribution in [1.29, 1.82) is 0 Å². The smallest absolute Gasteiger partial charge is 0.124 e. The van der Waals surface area contributed by atoms with Gasteiger partial charge in [-0.3, -0.25) is 0 Å². The lowest BCUT2D eigenvalue weighted by molar-refractivity contribution is 0.120. The monoisotopic (exact) mass is 570 g/mol. The van der Waals surface area contributed by atoms with Crippen LogP contribution in [0.5, 0.6) is 5.75 Å². The van der Waals surface area contributed by atoms with Crippen molar-refractivity contribution in [3.8, 4) is 16.3 Å². The number of nitrogens with one attached hydrogen (secondary N) is 1. The molecular formula is C32H47FN4O2S. The number of nitrogens with zero attached hydrogens (tertiary/aromatic N) is 3. The molecule has 1 saturated carbocycles. The molecule has 2 heterocycles. The van der Waals surface area contributed by atoms with Gasteiger partial charge in [0.2, 0.25) is 0 Å². The van der Waals surface area contributed by atoms with Crippen LogP contribution >= 0.6 is 11.3 Å². The molecule has 0 radical (unpaired) electrons. The third-order valence-electron chi connectivity index (χ3n) is 6.41. The van der Waals surface area contributed by atoms with Gasteiger partial charge >= 0.3 is 0 Å². The van der Waals surface area contributed by atoms with Gasteiger partial charge in [-0.1, -0.05) is 27.0 Å². The molecule has 8 heteroatoms. The maximum Gasteiger partial charge on any atom is 0.124 e. The third-order valence-corrected chi connectivity index (χ3v) is 7.48. The molecule has 3 aromatic rings. The van der Waals surface area contributed by atoms with E-state index in [1.165, 1.54) is 35.2 Å². The van der Waals surface area contributed by atoms with Crippen LogP contribution in [0, 0.1) is 0 Å². The van der Waals surface area contributed by atoms with Gasteiger partial charge in [0.1, 0.15) is 16.6 Å². The van der Waals surface area contributed by atoms with Gasteiger partial charge in [0.05, 0.1) is 16.3 Å². The summed E-state index contributed by atoms with van der Waals surface area (Å²) in [4.78, 5) is 9.25. The summed E-state index contributed by atoms with van der Waals surface area (Å²) >= 11 is 1.73. The molecule has 6 nitrogen and oxygen atoms in total. The number of hydrogen-bond donors (Lipinski definition) is 2. The lowest BCUT2D eigenvalue weighted by Crippen LogP contribution is -2.43. The number of piperazine rings is 1. The fourth-order valence-corrected chi connectivity index (χ4v) is 4.91. The molecule has 2 aromatic carbocycles. The van der Waals surface area contributed by atoms with E-state index in [1.807, 2.05) is 19.9 Å². The number of anilines is 1. The number of fused-ring (bicyclic) bond motifs is 1. The Kier molecular flexibility index (Phi) is 15.5. The second-order valence-electron chi connectivity index (χ2n) is 9.58. The lowest BCUT2D eigenvalue weighted by atomic mass is 9.96. The van der Waals surface area contributed by atoms with E-state index in [0.717, 1.165) is 61.5 Å². The number of allylic oxidation sites excluding steroid dienone is 2. The van der Waals surface area contributed by atoms with Crippen molar-refractivity contribution in [3.63, 3.8) is 0 Å². The average molecular weight is 571 g/mol. The average Bonchev–Trinajstić information content (AvgIpc) is 3.40. The van der Waals surface area contributed by atoms with Crippen LogP contribution in [0.2, 0.25) is 0 Å². The largest absolute Gasteiger partial charge is 0.490 e. The quantitative estimate of drug-likeness (QED) is 0.287. The van der Waals surface area contributed by atoms with E-state index in [9.17, 15) is 4.39 Å². The molecule has 1 aromatic heterocycles. The molecule has 40 heavy (non-hydrogen) atoms. The van der Waals surface area contributed by atoms with Crippen molar-refractivity contribution < 1.29 is 14.2 Å². The molecule has 0 atom stereocenters. The summed E-state index contributed by atoms with van der Waals surface area (Å²) in [6.07, 6.45) is 6.05. The number of benzene rings is 2. The maximum absolute atomic E-state index is 11.1. The standard InChI is InChI=1S/C19H20N2OS.C7H16N2O.C4H5F.C2H6/c1-21(2)14-8-6-13(7-9-14)19-20-17-11-10-16(12-18(17)23-19)22-15-4-3-5-15;10-7-1-4-9-5-2-8-3-6-9;1-3-4(2)5;1-2/h6-12,15H,3-5H2,1-2H3;8,10H,1-7H2;3H,1-2H2;1-2H3. The number of ether oxygens (including phenoxy) is 1. The Morgan fingerprint density at radius 3 is 2.35 bits per heavy atom. The summed E-state index contributed by atoms with van der Waals surface area (Å²) in [5.41, 5.74) is 3.41. The first-order chi connectivity index (χ1) is 19.4. The fraction of sp³-hybridized carbons (Fsp3) is 0.469. The summed E-state index contributed by atoms with van der Waals surface area (Å²) in [7, 11) is 4.10. The first-order valence-corrected chi connectivity index (χ1v) is 15.1. The molecule has 0 spiro atoms. The third kappa shape index (κ3) is 11.4. The number of thiazole rings is 1. The highest BCUT2D eigenvalue weighted by atomic mass is 32.1. The van der Waals surface area contributed by atoms with Gasteiger partial charge in [-0.05, 0) is 74.2 Å². The molecule has 2 N–H and O–H groups in total. The normalized spacial score (nSPS) is 14.8. The van der Waals surface area contributed by atoms with Crippen molar-refractivity contribution in [3.05, 3.63) is 67.5 Å². The second kappa shape index (κ2) is 18.5. The Labute approximate surface area is 244 Å². The molecule has 0 unspecified atom stereocenters. The van der Waals surface area contributed by atoms with E-state index < -0.39 is 5.83 Å². The van der Waals surface area contributed by atoms with Crippen molar-refractivity contribution >= 4 is 27.2 Å². The summed E-state index contributed by atoms with van der Waals surface area (Å²) < 4.78 is 18.3. The molecule has 220 valence electrons. The molecule has 2 fully saturated rings. The number of aliphatic hydroxyl groups is 1. The van der Waals surface area contributed by atoms with Gasteiger partial charge in [0.15, 0.2) is 0 Å². The van der Waals surface area contributed by atoms with Gasteiger partial charge in [0.25, 0.3) is 0 Å². The predicted molar refractivity (Wildman–Crippen MR) is 170 cm³/mol. The highest BCUT2D eigenvalue weighted by Crippen LogP contribution is 2.34. The number of halogens is 1. The zero-order chi connectivity index (χ0) is 29.3. The van der Waals surface area contributed by atoms with Gasteiger partial charge in [-0.25, -0.2) is 9.37 Å². The van der Waals surface area contributed by atoms with Crippen LogP contribution in [0.1, 0.15) is 39.5 Å². The van der Waals surface area contributed by atoms with E-state index in [1.54, 1.807) is 11.3 Å². The molecule has 2 aliphatic rings. The molecule has 1 aliphatic heterocycles. The van der Waals surface area contributed by atoms with Crippen LogP contribution in [0.25, 0.3) is 20.8 Å². The summed E-state index contributed by atoms with van der Waals surface area (Å²) in [6.45, 7) is 15.8. The van der Waals surface area contributed by atoms with Crippen molar-refractivity contribution in [2.24, 2.45) is 0 Å². The van der Waals surface area contributed by atoms with Gasteiger partial charge in [-0.15, -0.1) is 11.3 Å². The highest BCUT2D eigenvalue weighted by Gasteiger charge is 2.19. The summed E-state index contributed by atoms with van der Waals surface area (Å²) in [5, 5.41) is 12.9. The van der Waals surface area contributed by atoms with Crippen molar-refractivity contribution in [2.45, 2.75) is 45.6 Å². The van der Waals surface area contributed by atoms with Crippen LogP contribution in [-0.2, 0) is 0 Å². The zero-order valence-electron chi connectivity index (χ0n) is 24.7. The van der Waals surface area contributed by atoms with E-state index in [2.05, 4.69) is 78.8 Å². The Hall–Kier alpha value is -2.78. The van der Waals surface area contributed by atoms with Crippen LogP contribution in [0.15, 0.2) is 67.5 Å². The number of rotatable bonds is 8. The van der Waals surface area contributed by atoms with E-state index in [-0.39, 0.29) is 0 Å². The Balaban J connectivity index is 0.000000274. The topological polar surface area (TPSA) is 60.9 Å². The molecule has 1 aliphatic carbocycles. The zero-order valence-corrected chi connectivity index (χ0v) is 25.5. The summed E-state index contributed by atoms with van der Waals surface area (Å²) in [5.74, 6) is 0.491. The minimum Gasteiger partial charge on any atom is -0.490 e. The highest BCUT2D eigenvalue weighted by molar-refractivity contribution is 7.21. The van der Waals surface area contributed by atoms with Crippen LogP contribution in [-0.4, -0.2) is 74.5 Å². The fourth-order valence-electron chi connectivity index (χ4n) is 3.91. The number of hydrogen-bond acceptors (Lipinski definition) is 7. The van der Waals surface area contributed by atoms with Crippen molar-refractivity contribution in [2.75, 3.05) is 58.3 Å². The predicted octanol–water partition coefficient (Wildman–Crippen LogP) is 6.92. The van der Waals surface area contributed by atoms with Crippen LogP contribution in [0.3, 0.4) is 0 Å². The van der Waals surface area contributed by atoms with Crippen LogP contribution in [0.4, 0.5) is 10.1 Å². The Morgan fingerprint density at radius 1 is 1.18 bits per heavy atom. The summed E-state index contributed by atoms with van der Waals surface area (Å²) in [6, 6.07) is 14.8. The molecule has 1 saturated heterocycles. The molecule has 0 amide bonds. The Morgan fingerprint density at radius 2 is 1.82 bits per heavy atom. The first kappa shape index (κ1) is 33.4. The van der Waals surface area contributed by atoms with Gasteiger partial charge < -0.3 is 25.0 Å². The SMILES string of the molecule is C=CC(=C)F.CC.CN(C)c1ccc(-c2nc3ccc(OC4CCC4)cc3s2)cc1.OCCCN1CCNCC1. The van der Waals surface area contributed by atoms with E-state index in [0.29, 0.717) is 12.7 Å². The lowest BCUT2D eigenvalue weighted by Gasteiger charge is -2.26. The van der Waals surface area contributed by atoms with Crippen LogP contribution < -0.4 is 15.0 Å². The molecular weight excluding hydrogens is 523 g/mol. The molecule has 0 bridgehead atoms. The van der Waals surface area contributed by atoms with E-state index in [4.69, 9.17) is 14.8 Å². The van der Waals surface area contributed by atoms with E-state index >= 15 is 0 Å². The molecule has 5 rings (SSSR count). The minimum absolute atomic E-state index is 0.323. The minimum atomic E-state index is -0.481. The number of aromatic nitrogens is 1.